The lowest BCUT2D eigenvalue weighted by Crippen LogP contribution is -2.27. The van der Waals surface area contributed by atoms with Crippen molar-refractivity contribution in [2.45, 2.75) is 17.4 Å². The van der Waals surface area contributed by atoms with Crippen LogP contribution < -0.4 is 10.1 Å². The Labute approximate surface area is 179 Å². The number of nitrogens with zero attached hydrogens (tertiary/aromatic N) is 1. The summed E-state index contributed by atoms with van der Waals surface area (Å²) in [7, 11) is 0. The number of likely N-dealkylation sites (tertiary alicyclic amines) is 1. The van der Waals surface area contributed by atoms with E-state index >= 15 is 0 Å². The van der Waals surface area contributed by atoms with Crippen molar-refractivity contribution >= 4 is 41.0 Å². The van der Waals surface area contributed by atoms with E-state index in [4.69, 9.17) is 4.74 Å². The summed E-state index contributed by atoms with van der Waals surface area (Å²) in [5.41, 5.74) is 2.60. The van der Waals surface area contributed by atoms with E-state index in [1.54, 1.807) is 24.3 Å². The monoisotopic (exact) mass is 428 g/mol. The number of anilines is 1. The molecule has 2 aliphatic heterocycles. The maximum absolute atomic E-state index is 12.4. The van der Waals surface area contributed by atoms with Gasteiger partial charge in [-0.25, -0.2) is 0 Å². The van der Waals surface area contributed by atoms with E-state index < -0.39 is 0 Å². The fourth-order valence-corrected chi connectivity index (χ4v) is 6.28. The molecule has 7 heteroatoms. The lowest BCUT2D eigenvalue weighted by molar-refractivity contribution is -0.118. The normalized spacial score (nSPS) is 16.8. The zero-order valence-electron chi connectivity index (χ0n) is 16.1. The van der Waals surface area contributed by atoms with Crippen LogP contribution in [0.2, 0.25) is 0 Å². The summed E-state index contributed by atoms with van der Waals surface area (Å²) in [6.07, 6.45) is 2.14. The second-order valence-corrected chi connectivity index (χ2v) is 9.78. The van der Waals surface area contributed by atoms with Gasteiger partial charge in [-0.3, -0.25) is 9.59 Å². The maximum atomic E-state index is 12.4. The molecular formula is C22H24N2O3S2. The van der Waals surface area contributed by atoms with Gasteiger partial charge in [-0.15, -0.1) is 23.5 Å². The lowest BCUT2D eigenvalue weighted by Gasteiger charge is -2.15. The summed E-state index contributed by atoms with van der Waals surface area (Å²) < 4.78 is 6.11. The molecule has 1 N–H and O–H groups in total. The predicted octanol–water partition coefficient (Wildman–Crippen LogP) is 4.42. The first kappa shape index (κ1) is 20.2. The van der Waals surface area contributed by atoms with Gasteiger partial charge in [0.25, 0.3) is 11.8 Å². The van der Waals surface area contributed by atoms with Crippen molar-refractivity contribution in [3.8, 4) is 5.75 Å². The van der Waals surface area contributed by atoms with Crippen LogP contribution in [-0.2, 0) is 4.79 Å². The minimum Gasteiger partial charge on any atom is -0.484 e. The molecule has 2 fully saturated rings. The smallest absolute Gasteiger partial charge is 0.262 e. The van der Waals surface area contributed by atoms with E-state index in [0.717, 1.165) is 25.9 Å². The molecule has 5 nitrogen and oxygen atoms in total. The number of thioether (sulfide) groups is 2. The summed E-state index contributed by atoms with van der Waals surface area (Å²) in [5, 5.41) is 2.81. The molecule has 0 bridgehead atoms. The Morgan fingerprint density at radius 2 is 1.62 bits per heavy atom. The van der Waals surface area contributed by atoms with Gasteiger partial charge in [-0.2, -0.15) is 0 Å². The second kappa shape index (κ2) is 9.59. The quantitative estimate of drug-likeness (QED) is 0.738. The molecule has 2 saturated heterocycles. The van der Waals surface area contributed by atoms with Crippen molar-refractivity contribution < 1.29 is 14.3 Å². The Bertz CT molecular complexity index is 843. The van der Waals surface area contributed by atoms with Crippen LogP contribution in [-0.4, -0.2) is 47.9 Å². The molecule has 0 atom stereocenters. The van der Waals surface area contributed by atoms with Crippen molar-refractivity contribution in [1.29, 1.82) is 0 Å². The Morgan fingerprint density at radius 1 is 0.966 bits per heavy atom. The number of ether oxygens (including phenoxy) is 1. The molecule has 0 saturated carbocycles. The Hall–Kier alpha value is -2.12. The zero-order chi connectivity index (χ0) is 20.1. The third-order valence-electron chi connectivity index (χ3n) is 4.95. The van der Waals surface area contributed by atoms with Crippen LogP contribution in [0.25, 0.3) is 0 Å². The molecule has 2 aromatic rings. The number of amides is 2. The van der Waals surface area contributed by atoms with E-state index in [2.05, 4.69) is 17.4 Å². The molecule has 2 aliphatic rings. The third kappa shape index (κ3) is 5.28. The van der Waals surface area contributed by atoms with E-state index in [0.29, 0.717) is 21.6 Å². The fourth-order valence-electron chi connectivity index (χ4n) is 3.42. The molecule has 2 amide bonds. The van der Waals surface area contributed by atoms with Crippen molar-refractivity contribution in [1.82, 2.24) is 4.90 Å². The van der Waals surface area contributed by atoms with Crippen molar-refractivity contribution in [2.24, 2.45) is 0 Å². The van der Waals surface area contributed by atoms with Gasteiger partial charge in [-0.1, -0.05) is 12.1 Å². The Morgan fingerprint density at radius 3 is 2.28 bits per heavy atom. The van der Waals surface area contributed by atoms with E-state index in [-0.39, 0.29) is 18.4 Å². The third-order valence-corrected chi connectivity index (χ3v) is 8.06. The lowest BCUT2D eigenvalue weighted by atomic mass is 10.2. The van der Waals surface area contributed by atoms with Crippen LogP contribution in [0.5, 0.6) is 5.75 Å². The molecule has 0 spiro atoms. The summed E-state index contributed by atoms with van der Waals surface area (Å²) in [6, 6.07) is 15.0. The number of rotatable bonds is 6. The van der Waals surface area contributed by atoms with Crippen LogP contribution >= 0.6 is 23.5 Å². The van der Waals surface area contributed by atoms with E-state index in [9.17, 15) is 9.59 Å². The Kier molecular flexibility index (Phi) is 6.67. The molecule has 0 aromatic heterocycles. The fraction of sp³-hybridized carbons (Fsp3) is 0.364. The van der Waals surface area contributed by atoms with Gasteiger partial charge < -0.3 is 15.0 Å². The van der Waals surface area contributed by atoms with Gasteiger partial charge in [0, 0.05) is 35.8 Å². The van der Waals surface area contributed by atoms with E-state index in [1.807, 2.05) is 40.6 Å². The first-order valence-electron chi connectivity index (χ1n) is 9.84. The van der Waals surface area contributed by atoms with Crippen molar-refractivity contribution in [3.05, 3.63) is 59.7 Å². The highest BCUT2D eigenvalue weighted by molar-refractivity contribution is 8.19. The second-order valence-electron chi connectivity index (χ2n) is 7.06. The van der Waals surface area contributed by atoms with Crippen LogP contribution in [0.3, 0.4) is 0 Å². The van der Waals surface area contributed by atoms with Gasteiger partial charge in [-0.05, 0) is 54.8 Å². The van der Waals surface area contributed by atoms with Crippen LogP contribution in [0.15, 0.2) is 48.5 Å². The molecule has 4 rings (SSSR count). The SMILES string of the molecule is O=C(COc1ccc(C2SCCS2)cc1)Nc1ccc(C(=O)N2CCCC2)cc1. The Balaban J connectivity index is 1.25. The molecular weight excluding hydrogens is 404 g/mol. The minimum absolute atomic E-state index is 0.0548. The largest absolute Gasteiger partial charge is 0.484 e. The minimum atomic E-state index is -0.227. The highest BCUT2D eigenvalue weighted by Crippen LogP contribution is 2.45. The summed E-state index contributed by atoms with van der Waals surface area (Å²) in [4.78, 5) is 26.4. The maximum Gasteiger partial charge on any atom is 0.262 e. The van der Waals surface area contributed by atoms with Gasteiger partial charge in [0.2, 0.25) is 0 Å². The molecule has 0 aliphatic carbocycles. The highest BCUT2D eigenvalue weighted by Gasteiger charge is 2.19. The van der Waals surface area contributed by atoms with Crippen LogP contribution in [0.1, 0.15) is 33.3 Å². The number of carbonyl (C=O) groups is 2. The highest BCUT2D eigenvalue weighted by atomic mass is 32.2. The molecule has 0 radical (unpaired) electrons. The summed E-state index contributed by atoms with van der Waals surface area (Å²) >= 11 is 3.93. The number of nitrogens with one attached hydrogen (secondary N) is 1. The summed E-state index contributed by atoms with van der Waals surface area (Å²) in [6.45, 7) is 1.60. The van der Waals surface area contributed by atoms with Gasteiger partial charge >= 0.3 is 0 Å². The molecule has 152 valence electrons. The molecule has 2 aromatic carbocycles. The topological polar surface area (TPSA) is 58.6 Å². The molecule has 29 heavy (non-hydrogen) atoms. The molecule has 2 heterocycles. The predicted molar refractivity (Wildman–Crippen MR) is 120 cm³/mol. The molecule has 0 unspecified atom stereocenters. The first-order chi connectivity index (χ1) is 14.2. The number of benzene rings is 2. The van der Waals surface area contributed by atoms with Gasteiger partial charge in [0.1, 0.15) is 5.75 Å². The van der Waals surface area contributed by atoms with Gasteiger partial charge in [0.05, 0.1) is 4.58 Å². The number of hydrogen-bond acceptors (Lipinski definition) is 5. The first-order valence-corrected chi connectivity index (χ1v) is 11.9. The van der Waals surface area contributed by atoms with Crippen molar-refractivity contribution in [2.75, 3.05) is 36.5 Å². The zero-order valence-corrected chi connectivity index (χ0v) is 17.8. The standard InChI is InChI=1S/C22H24N2O3S2/c25-20(15-27-19-9-5-17(6-10-19)22-28-13-14-29-22)23-18-7-3-16(4-8-18)21(26)24-11-1-2-12-24/h3-10,22H,1-2,11-15H2,(H,23,25). The average Bonchev–Trinajstić information content (AvgIpc) is 3.47. The van der Waals surface area contributed by atoms with Crippen LogP contribution in [0.4, 0.5) is 5.69 Å². The number of hydrogen-bond donors (Lipinski definition) is 1. The van der Waals surface area contributed by atoms with Gasteiger partial charge in [0.15, 0.2) is 6.61 Å². The van der Waals surface area contributed by atoms with Crippen molar-refractivity contribution in [3.63, 3.8) is 0 Å². The van der Waals surface area contributed by atoms with Crippen LogP contribution in [0, 0.1) is 0 Å². The van der Waals surface area contributed by atoms with E-state index in [1.165, 1.54) is 17.1 Å². The average molecular weight is 429 g/mol. The number of carbonyl (C=O) groups excluding carboxylic acids is 2. The summed E-state index contributed by atoms with van der Waals surface area (Å²) in [5.74, 6) is 2.90.